The van der Waals surface area contributed by atoms with E-state index in [0.29, 0.717) is 17.1 Å². The summed E-state index contributed by atoms with van der Waals surface area (Å²) >= 11 is 0. The Morgan fingerprint density at radius 3 is 2.05 bits per heavy atom. The van der Waals surface area contributed by atoms with Crippen LogP contribution in [0.15, 0.2) is 12.1 Å². The Bertz CT molecular complexity index is 441. The molecule has 0 unspecified atom stereocenters. The monoisotopic (exact) mass is 265 g/mol. The maximum absolute atomic E-state index is 12.2. The summed E-state index contributed by atoms with van der Waals surface area (Å²) in [5.41, 5.74) is 1.19. The number of ether oxygens (including phenoxy) is 2. The van der Waals surface area contributed by atoms with Crippen molar-refractivity contribution in [3.63, 3.8) is 0 Å². The van der Waals surface area contributed by atoms with Gasteiger partial charge in [-0.2, -0.15) is 0 Å². The highest BCUT2D eigenvalue weighted by Gasteiger charge is 2.20. The van der Waals surface area contributed by atoms with Crippen LogP contribution in [0.5, 0.6) is 11.5 Å². The first-order valence-electron chi connectivity index (χ1n) is 6.39. The molecular weight excluding hydrogens is 242 g/mol. The molecule has 19 heavy (non-hydrogen) atoms. The molecule has 0 saturated heterocycles. The molecule has 0 fully saturated rings. The highest BCUT2D eigenvalue weighted by atomic mass is 16.5. The minimum absolute atomic E-state index is 0.122. The molecule has 0 atom stereocenters. The molecule has 0 heterocycles. The molecule has 0 aliphatic rings. The number of methoxy groups -OCH3 is 2. The highest BCUT2D eigenvalue weighted by Crippen LogP contribution is 2.29. The van der Waals surface area contributed by atoms with Crippen LogP contribution in [0.4, 0.5) is 0 Å². The van der Waals surface area contributed by atoms with Gasteiger partial charge in [0.15, 0.2) is 0 Å². The molecule has 0 radical (unpaired) electrons. The number of carbonyl (C=O) groups is 1. The van der Waals surface area contributed by atoms with Gasteiger partial charge in [-0.3, -0.25) is 4.79 Å². The molecule has 4 nitrogen and oxygen atoms in total. The molecule has 1 aromatic carbocycles. The molecule has 1 rings (SSSR count). The lowest BCUT2D eigenvalue weighted by Gasteiger charge is -2.24. The average molecular weight is 265 g/mol. The molecule has 1 amide bonds. The summed E-state index contributed by atoms with van der Waals surface area (Å²) in [5.74, 6) is 1.18. The molecule has 0 aliphatic heterocycles. The van der Waals surface area contributed by atoms with Crippen molar-refractivity contribution < 1.29 is 14.3 Å². The summed E-state index contributed by atoms with van der Waals surface area (Å²) in [7, 11) is 3.17. The second-order valence-electron chi connectivity index (χ2n) is 5.20. The van der Waals surface area contributed by atoms with Gasteiger partial charge in [0.2, 0.25) is 0 Å². The number of amides is 1. The van der Waals surface area contributed by atoms with E-state index in [-0.39, 0.29) is 11.4 Å². The third kappa shape index (κ3) is 3.63. The fraction of sp³-hybridized carbons (Fsp3) is 0.533. The smallest absolute Gasteiger partial charge is 0.251 e. The number of rotatable bonds is 5. The van der Waals surface area contributed by atoms with Crippen molar-refractivity contribution in [2.24, 2.45) is 0 Å². The summed E-state index contributed by atoms with van der Waals surface area (Å²) in [6.07, 6.45) is 0.860. The lowest BCUT2D eigenvalue weighted by Crippen LogP contribution is -2.42. The van der Waals surface area contributed by atoms with Crippen LogP contribution in [-0.2, 0) is 0 Å². The van der Waals surface area contributed by atoms with Gasteiger partial charge in [-0.1, -0.05) is 6.92 Å². The van der Waals surface area contributed by atoms with E-state index in [9.17, 15) is 4.79 Å². The van der Waals surface area contributed by atoms with Crippen molar-refractivity contribution in [3.8, 4) is 11.5 Å². The molecule has 106 valence electrons. The normalized spacial score (nSPS) is 11.1. The van der Waals surface area contributed by atoms with Crippen LogP contribution in [0, 0.1) is 6.92 Å². The van der Waals surface area contributed by atoms with Crippen molar-refractivity contribution in [2.45, 2.75) is 39.7 Å². The van der Waals surface area contributed by atoms with E-state index in [0.717, 1.165) is 12.0 Å². The second-order valence-corrected chi connectivity index (χ2v) is 5.20. The van der Waals surface area contributed by atoms with Gasteiger partial charge in [-0.05, 0) is 39.3 Å². The van der Waals surface area contributed by atoms with Crippen LogP contribution in [0.1, 0.15) is 43.1 Å². The van der Waals surface area contributed by atoms with Crippen molar-refractivity contribution in [1.82, 2.24) is 5.32 Å². The lowest BCUT2D eigenvalue weighted by molar-refractivity contribution is 0.0910. The summed E-state index contributed by atoms with van der Waals surface area (Å²) in [6, 6.07) is 3.47. The van der Waals surface area contributed by atoms with Gasteiger partial charge in [0.1, 0.15) is 11.5 Å². The third-order valence-corrected chi connectivity index (χ3v) is 3.35. The molecule has 0 bridgehead atoms. The number of benzene rings is 1. The molecule has 1 aromatic rings. The van der Waals surface area contributed by atoms with Crippen LogP contribution >= 0.6 is 0 Å². The molecule has 0 aromatic heterocycles. The Morgan fingerprint density at radius 2 is 1.68 bits per heavy atom. The first kappa shape index (κ1) is 15.3. The van der Waals surface area contributed by atoms with E-state index < -0.39 is 0 Å². The topological polar surface area (TPSA) is 47.6 Å². The van der Waals surface area contributed by atoms with E-state index in [1.165, 1.54) is 0 Å². The largest absolute Gasteiger partial charge is 0.496 e. The van der Waals surface area contributed by atoms with E-state index in [4.69, 9.17) is 9.47 Å². The van der Waals surface area contributed by atoms with Gasteiger partial charge in [-0.25, -0.2) is 0 Å². The number of nitrogens with one attached hydrogen (secondary N) is 1. The van der Waals surface area contributed by atoms with Gasteiger partial charge >= 0.3 is 0 Å². The first-order chi connectivity index (χ1) is 8.84. The lowest BCUT2D eigenvalue weighted by atomic mass is 10.0. The van der Waals surface area contributed by atoms with Crippen molar-refractivity contribution in [1.29, 1.82) is 0 Å². The fourth-order valence-electron chi connectivity index (χ4n) is 1.69. The molecule has 0 spiro atoms. The van der Waals surface area contributed by atoms with Crippen molar-refractivity contribution >= 4 is 5.91 Å². The summed E-state index contributed by atoms with van der Waals surface area (Å²) in [4.78, 5) is 12.2. The van der Waals surface area contributed by atoms with Crippen LogP contribution in [0.3, 0.4) is 0 Å². The predicted octanol–water partition coefficient (Wildman–Crippen LogP) is 2.93. The SMILES string of the molecule is CCC(C)(C)NC(=O)c1cc(OC)c(C)c(OC)c1. The van der Waals surface area contributed by atoms with E-state index >= 15 is 0 Å². The van der Waals surface area contributed by atoms with Gasteiger partial charge in [0, 0.05) is 16.7 Å². The zero-order valence-corrected chi connectivity index (χ0v) is 12.6. The van der Waals surface area contributed by atoms with E-state index in [1.807, 2.05) is 27.7 Å². The fourth-order valence-corrected chi connectivity index (χ4v) is 1.69. The Morgan fingerprint density at radius 1 is 1.21 bits per heavy atom. The Kier molecular flexibility index (Phi) is 4.81. The Balaban J connectivity index is 3.10. The molecular formula is C15H23NO3. The second kappa shape index (κ2) is 5.95. The maximum Gasteiger partial charge on any atom is 0.251 e. The number of hydrogen-bond acceptors (Lipinski definition) is 3. The summed E-state index contributed by atoms with van der Waals surface area (Å²) < 4.78 is 10.5. The van der Waals surface area contributed by atoms with Gasteiger partial charge in [0.25, 0.3) is 5.91 Å². The van der Waals surface area contributed by atoms with Crippen molar-refractivity contribution in [2.75, 3.05) is 14.2 Å². The summed E-state index contributed by atoms with van der Waals surface area (Å²) in [5, 5.41) is 2.99. The Labute approximate surface area is 115 Å². The van der Waals surface area contributed by atoms with E-state index in [1.54, 1.807) is 26.4 Å². The van der Waals surface area contributed by atoms with E-state index in [2.05, 4.69) is 5.32 Å². The quantitative estimate of drug-likeness (QED) is 0.890. The average Bonchev–Trinajstić information content (AvgIpc) is 2.38. The molecule has 4 heteroatoms. The third-order valence-electron chi connectivity index (χ3n) is 3.35. The van der Waals surface area contributed by atoms with Crippen LogP contribution in [0.25, 0.3) is 0 Å². The minimum atomic E-state index is -0.234. The van der Waals surface area contributed by atoms with Crippen LogP contribution in [-0.4, -0.2) is 25.7 Å². The molecule has 1 N–H and O–H groups in total. The van der Waals surface area contributed by atoms with Crippen LogP contribution < -0.4 is 14.8 Å². The molecule has 0 aliphatic carbocycles. The van der Waals surface area contributed by atoms with Gasteiger partial charge in [0.05, 0.1) is 14.2 Å². The van der Waals surface area contributed by atoms with Gasteiger partial charge < -0.3 is 14.8 Å². The number of carbonyl (C=O) groups excluding carboxylic acids is 1. The zero-order valence-electron chi connectivity index (χ0n) is 12.6. The van der Waals surface area contributed by atoms with Crippen LogP contribution in [0.2, 0.25) is 0 Å². The van der Waals surface area contributed by atoms with Gasteiger partial charge in [-0.15, -0.1) is 0 Å². The summed E-state index contributed by atoms with van der Waals surface area (Å²) in [6.45, 7) is 7.92. The first-order valence-corrected chi connectivity index (χ1v) is 6.39. The molecule has 0 saturated carbocycles. The predicted molar refractivity (Wildman–Crippen MR) is 76.1 cm³/mol. The maximum atomic E-state index is 12.2. The van der Waals surface area contributed by atoms with Crippen molar-refractivity contribution in [3.05, 3.63) is 23.3 Å². The zero-order chi connectivity index (χ0) is 14.6. The number of hydrogen-bond donors (Lipinski definition) is 1. The minimum Gasteiger partial charge on any atom is -0.496 e. The highest BCUT2D eigenvalue weighted by molar-refractivity contribution is 5.95. The standard InChI is InChI=1S/C15H23NO3/c1-7-15(3,4)16-14(17)11-8-12(18-5)10(2)13(9-11)19-6/h8-9H,7H2,1-6H3,(H,16,17). The Hall–Kier alpha value is -1.71.